The number of benzene rings is 11. The van der Waals surface area contributed by atoms with Crippen LogP contribution in [0.5, 0.6) is 0 Å². The van der Waals surface area contributed by atoms with Crippen molar-refractivity contribution < 1.29 is 4.42 Å². The summed E-state index contributed by atoms with van der Waals surface area (Å²) in [6.07, 6.45) is -0.396. The maximum atomic E-state index is 6.72. The number of hydrogen-bond acceptors (Lipinski definition) is 4. The Hall–Kier alpha value is -9.32. The van der Waals surface area contributed by atoms with Crippen molar-refractivity contribution in [3.8, 4) is 39.1 Å². The molecular weight excluding hydrogens is 853 g/mol. The lowest BCUT2D eigenvalue weighted by atomic mass is 9.93. The van der Waals surface area contributed by atoms with Crippen molar-refractivity contribution in [2.45, 2.75) is 6.17 Å². The van der Waals surface area contributed by atoms with Crippen LogP contribution < -0.4 is 5.32 Å². The van der Waals surface area contributed by atoms with Crippen LogP contribution in [0, 0.1) is 0 Å². The van der Waals surface area contributed by atoms with E-state index in [4.69, 9.17) is 14.4 Å². The Morgan fingerprint density at radius 2 is 1.00 bits per heavy atom. The number of amidine groups is 2. The van der Waals surface area contributed by atoms with Crippen LogP contribution in [0.1, 0.15) is 22.9 Å². The standard InChI is InChI=1S/C65H42N4O/c1-3-15-41(16-4-1)42-29-31-43(32-30-42)45-23-13-24-50(35-45)64-66-63(44-17-5-2-6-18-44)67-65(68-64)54-34-33-51(69-58-27-12-11-25-52(58)56-36-46-19-7-9-21-48(46)38-59(56)69)40-55(54)53-26-14-28-60-62(53)57-37-47-20-8-10-22-49(47)39-61(57)70-60/h1-40,63H,(H,66,67,68). The second-order valence-electron chi connectivity index (χ2n) is 18.2. The van der Waals surface area contributed by atoms with Crippen molar-refractivity contribution in [3.63, 3.8) is 0 Å². The maximum Gasteiger partial charge on any atom is 0.160 e. The molecule has 0 spiro atoms. The number of rotatable bonds is 7. The quantitative estimate of drug-likeness (QED) is 0.173. The van der Waals surface area contributed by atoms with Crippen molar-refractivity contribution in [1.82, 2.24) is 9.88 Å². The second-order valence-corrected chi connectivity index (χ2v) is 18.2. The molecule has 14 rings (SSSR count). The summed E-state index contributed by atoms with van der Waals surface area (Å²) in [4.78, 5) is 11.0. The molecule has 70 heavy (non-hydrogen) atoms. The Bertz CT molecular complexity index is 4260. The third-order valence-electron chi connectivity index (χ3n) is 14.0. The zero-order chi connectivity index (χ0) is 46.1. The Kier molecular flexibility index (Phi) is 9.20. The molecule has 5 heteroatoms. The Morgan fingerprint density at radius 1 is 0.386 bits per heavy atom. The van der Waals surface area contributed by atoms with E-state index in [9.17, 15) is 0 Å². The highest BCUT2D eigenvalue weighted by Gasteiger charge is 2.26. The molecule has 0 saturated heterocycles. The minimum Gasteiger partial charge on any atom is -0.456 e. The number of aliphatic imine (C=N–C) groups is 2. The normalized spacial score (nSPS) is 13.9. The van der Waals surface area contributed by atoms with E-state index >= 15 is 0 Å². The fourth-order valence-corrected chi connectivity index (χ4v) is 10.6. The van der Waals surface area contributed by atoms with Gasteiger partial charge in [0.15, 0.2) is 5.84 Å². The van der Waals surface area contributed by atoms with E-state index in [-0.39, 0.29) is 0 Å². The molecule has 1 atom stereocenters. The molecule has 0 radical (unpaired) electrons. The third kappa shape index (κ3) is 6.70. The van der Waals surface area contributed by atoms with Gasteiger partial charge in [0.25, 0.3) is 0 Å². The Morgan fingerprint density at radius 3 is 1.79 bits per heavy atom. The van der Waals surface area contributed by atoms with Gasteiger partial charge in [0.05, 0.1) is 11.0 Å². The first-order chi connectivity index (χ1) is 34.7. The lowest BCUT2D eigenvalue weighted by molar-refractivity contribution is 0.669. The minimum atomic E-state index is -0.396. The molecule has 13 aromatic rings. The molecule has 2 aromatic heterocycles. The van der Waals surface area contributed by atoms with E-state index in [1.807, 2.05) is 6.07 Å². The number of fused-ring (bicyclic) bond motifs is 8. The first-order valence-corrected chi connectivity index (χ1v) is 23.8. The van der Waals surface area contributed by atoms with Crippen LogP contribution in [-0.2, 0) is 0 Å². The molecule has 0 amide bonds. The average molecular weight is 895 g/mol. The number of aromatic nitrogens is 1. The van der Waals surface area contributed by atoms with Crippen LogP contribution in [0.4, 0.5) is 0 Å². The molecule has 3 heterocycles. The molecule has 1 N–H and O–H groups in total. The maximum absolute atomic E-state index is 6.72. The van der Waals surface area contributed by atoms with Crippen LogP contribution in [0.25, 0.3) is 104 Å². The van der Waals surface area contributed by atoms with E-state index < -0.39 is 6.17 Å². The van der Waals surface area contributed by atoms with Gasteiger partial charge in [-0.25, -0.2) is 9.98 Å². The number of nitrogens with zero attached hydrogens (tertiary/aromatic N) is 3. The van der Waals surface area contributed by atoms with Gasteiger partial charge in [-0.05, 0) is 121 Å². The largest absolute Gasteiger partial charge is 0.456 e. The van der Waals surface area contributed by atoms with Gasteiger partial charge in [0, 0.05) is 38.4 Å². The number of nitrogens with one attached hydrogen (secondary N) is 1. The zero-order valence-corrected chi connectivity index (χ0v) is 37.9. The van der Waals surface area contributed by atoms with Gasteiger partial charge in [-0.3, -0.25) is 0 Å². The van der Waals surface area contributed by atoms with Gasteiger partial charge < -0.3 is 14.3 Å². The lowest BCUT2D eigenvalue weighted by Crippen LogP contribution is -2.33. The van der Waals surface area contributed by atoms with E-state index in [0.717, 1.165) is 94.2 Å². The van der Waals surface area contributed by atoms with Crippen LogP contribution in [0.3, 0.4) is 0 Å². The molecule has 5 nitrogen and oxygen atoms in total. The molecule has 0 bridgehead atoms. The first kappa shape index (κ1) is 39.8. The fraction of sp³-hybridized carbons (Fsp3) is 0.0154. The van der Waals surface area contributed by atoms with Gasteiger partial charge in [-0.2, -0.15) is 0 Å². The average Bonchev–Trinajstić information content (AvgIpc) is 3.96. The molecule has 328 valence electrons. The topological polar surface area (TPSA) is 54.8 Å². The van der Waals surface area contributed by atoms with Crippen LogP contribution in [0.2, 0.25) is 0 Å². The summed E-state index contributed by atoms with van der Waals surface area (Å²) in [5, 5.41) is 13.0. The van der Waals surface area contributed by atoms with E-state index in [1.54, 1.807) is 0 Å². The number of hydrogen-bond donors (Lipinski definition) is 1. The molecule has 0 aliphatic carbocycles. The predicted molar refractivity (Wildman–Crippen MR) is 291 cm³/mol. The van der Waals surface area contributed by atoms with E-state index in [0.29, 0.717) is 5.84 Å². The van der Waals surface area contributed by atoms with Crippen molar-refractivity contribution in [2.24, 2.45) is 9.98 Å². The highest BCUT2D eigenvalue weighted by Crippen LogP contribution is 2.42. The van der Waals surface area contributed by atoms with Crippen LogP contribution >= 0.6 is 0 Å². The Balaban J connectivity index is 0.990. The third-order valence-corrected chi connectivity index (χ3v) is 14.0. The summed E-state index contributed by atoms with van der Waals surface area (Å²) < 4.78 is 9.13. The smallest absolute Gasteiger partial charge is 0.160 e. The minimum absolute atomic E-state index is 0.396. The van der Waals surface area contributed by atoms with Gasteiger partial charge in [-0.1, -0.05) is 182 Å². The highest BCUT2D eigenvalue weighted by atomic mass is 16.3. The number of para-hydroxylation sites is 1. The van der Waals surface area contributed by atoms with Gasteiger partial charge >= 0.3 is 0 Å². The summed E-state index contributed by atoms with van der Waals surface area (Å²) in [7, 11) is 0. The molecule has 0 fully saturated rings. The van der Waals surface area contributed by atoms with Crippen LogP contribution in [-0.4, -0.2) is 16.2 Å². The molecule has 0 saturated carbocycles. The SMILES string of the molecule is c1ccc(-c2ccc(-c3cccc(C4=NC(c5ccc(-n6c7ccccc7c7cc8ccccc8cc76)cc5-c5cccc6oc7cc8ccccc8cc7c56)=NC(c5ccccc5)N4)c3)cc2)cc1. The molecule has 1 aliphatic rings. The van der Waals surface area contributed by atoms with E-state index in [1.165, 1.54) is 32.7 Å². The van der Waals surface area contributed by atoms with Gasteiger partial charge in [-0.15, -0.1) is 0 Å². The highest BCUT2D eigenvalue weighted by molar-refractivity contribution is 6.20. The number of furan rings is 1. The summed E-state index contributed by atoms with van der Waals surface area (Å²) >= 11 is 0. The predicted octanol–water partition coefficient (Wildman–Crippen LogP) is 16.5. The summed E-state index contributed by atoms with van der Waals surface area (Å²) in [5.74, 6) is 1.40. The Labute approximate surface area is 404 Å². The monoisotopic (exact) mass is 894 g/mol. The van der Waals surface area contributed by atoms with Crippen molar-refractivity contribution in [2.75, 3.05) is 0 Å². The second kappa shape index (κ2) is 16.2. The van der Waals surface area contributed by atoms with Gasteiger partial charge in [0.2, 0.25) is 0 Å². The summed E-state index contributed by atoms with van der Waals surface area (Å²) in [6, 6.07) is 86.6. The molecule has 1 unspecified atom stereocenters. The first-order valence-electron chi connectivity index (χ1n) is 23.8. The van der Waals surface area contributed by atoms with Crippen LogP contribution in [0.15, 0.2) is 257 Å². The summed E-state index contributed by atoms with van der Waals surface area (Å²) in [5.41, 5.74) is 14.6. The fourth-order valence-electron chi connectivity index (χ4n) is 10.6. The van der Waals surface area contributed by atoms with Gasteiger partial charge in [0.1, 0.15) is 23.2 Å². The van der Waals surface area contributed by atoms with Crippen molar-refractivity contribution >= 4 is 77.0 Å². The lowest BCUT2D eigenvalue weighted by Gasteiger charge is -2.25. The van der Waals surface area contributed by atoms with Crippen molar-refractivity contribution in [3.05, 3.63) is 259 Å². The molecule has 11 aromatic carbocycles. The molecular formula is C65H42N4O. The molecule has 1 aliphatic heterocycles. The zero-order valence-electron chi connectivity index (χ0n) is 37.9. The van der Waals surface area contributed by atoms with Crippen molar-refractivity contribution in [1.29, 1.82) is 0 Å². The summed E-state index contributed by atoms with van der Waals surface area (Å²) in [6.45, 7) is 0. The van der Waals surface area contributed by atoms with E-state index in [2.05, 4.69) is 246 Å².